The molecule has 0 fully saturated rings. The molecule has 0 aromatic heterocycles. The van der Waals surface area contributed by atoms with E-state index in [4.69, 9.17) is 40.2 Å². The molecule has 0 unspecified atom stereocenters. The van der Waals surface area contributed by atoms with E-state index in [1.165, 1.54) is 0 Å². The molecule has 6 heteroatoms. The molecule has 3 nitrogen and oxygen atoms in total. The minimum absolute atomic E-state index is 0.477. The zero-order chi connectivity index (χ0) is 15.2. The van der Waals surface area contributed by atoms with Crippen molar-refractivity contribution < 1.29 is 4.74 Å². The van der Waals surface area contributed by atoms with Crippen molar-refractivity contribution in [2.45, 2.75) is 6.54 Å². The van der Waals surface area contributed by atoms with Gasteiger partial charge < -0.3 is 15.4 Å². The van der Waals surface area contributed by atoms with Crippen LogP contribution >= 0.6 is 35.4 Å². The van der Waals surface area contributed by atoms with Gasteiger partial charge in [-0.05, 0) is 36.5 Å². The topological polar surface area (TPSA) is 33.3 Å². The molecule has 0 amide bonds. The summed E-state index contributed by atoms with van der Waals surface area (Å²) in [5.41, 5.74) is 1.73. The summed E-state index contributed by atoms with van der Waals surface area (Å²) in [6, 6.07) is 12.9. The average molecular weight is 341 g/mol. The van der Waals surface area contributed by atoms with Crippen LogP contribution in [0.15, 0.2) is 42.5 Å². The van der Waals surface area contributed by atoms with Gasteiger partial charge in [-0.25, -0.2) is 0 Å². The van der Waals surface area contributed by atoms with Crippen molar-refractivity contribution >= 4 is 46.2 Å². The molecule has 0 saturated heterocycles. The molecule has 2 N–H and O–H groups in total. The number of benzene rings is 2. The van der Waals surface area contributed by atoms with Crippen molar-refractivity contribution in [1.82, 2.24) is 5.32 Å². The number of hydrogen-bond donors (Lipinski definition) is 2. The Balaban J connectivity index is 1.96. The molecule has 2 rings (SSSR count). The molecule has 0 bridgehead atoms. The Morgan fingerprint density at radius 1 is 1.19 bits per heavy atom. The van der Waals surface area contributed by atoms with Crippen LogP contribution in [-0.2, 0) is 6.54 Å². The third-order valence-electron chi connectivity index (χ3n) is 2.81. The highest BCUT2D eigenvalue weighted by Crippen LogP contribution is 2.25. The third kappa shape index (κ3) is 4.49. The van der Waals surface area contributed by atoms with Crippen LogP contribution in [0.5, 0.6) is 5.75 Å². The molecule has 0 aliphatic heterocycles. The number of halogens is 2. The maximum atomic E-state index is 6.08. The van der Waals surface area contributed by atoms with Crippen LogP contribution < -0.4 is 15.4 Å². The number of anilines is 1. The van der Waals surface area contributed by atoms with Crippen LogP contribution in [0.2, 0.25) is 10.0 Å². The number of rotatable bonds is 4. The molecule has 0 aliphatic carbocycles. The van der Waals surface area contributed by atoms with E-state index >= 15 is 0 Å². The fourth-order valence-electron chi connectivity index (χ4n) is 1.78. The monoisotopic (exact) mass is 340 g/mol. The summed E-state index contributed by atoms with van der Waals surface area (Å²) in [6.07, 6.45) is 0. The molecular formula is C15H14Cl2N2OS. The number of hydrogen-bond acceptors (Lipinski definition) is 2. The molecule has 21 heavy (non-hydrogen) atoms. The van der Waals surface area contributed by atoms with E-state index < -0.39 is 0 Å². The maximum absolute atomic E-state index is 6.08. The molecule has 0 radical (unpaired) electrons. The van der Waals surface area contributed by atoms with Gasteiger partial charge in [-0.1, -0.05) is 41.4 Å². The number of thiocarbonyl (C=S) groups is 1. The Morgan fingerprint density at radius 3 is 2.67 bits per heavy atom. The lowest BCUT2D eigenvalue weighted by molar-refractivity contribution is 0.409. The zero-order valence-electron chi connectivity index (χ0n) is 11.3. The van der Waals surface area contributed by atoms with E-state index in [-0.39, 0.29) is 0 Å². The van der Waals surface area contributed by atoms with Crippen molar-refractivity contribution in [1.29, 1.82) is 0 Å². The van der Waals surface area contributed by atoms with E-state index in [0.29, 0.717) is 27.4 Å². The van der Waals surface area contributed by atoms with Gasteiger partial charge in [0, 0.05) is 17.1 Å². The molecule has 2 aromatic rings. The molecular weight excluding hydrogens is 327 g/mol. The van der Waals surface area contributed by atoms with Gasteiger partial charge >= 0.3 is 0 Å². The van der Waals surface area contributed by atoms with E-state index in [0.717, 1.165) is 11.3 Å². The van der Waals surface area contributed by atoms with Crippen molar-refractivity contribution in [3.05, 3.63) is 58.1 Å². The van der Waals surface area contributed by atoms with Crippen molar-refractivity contribution in [3.8, 4) is 5.75 Å². The molecule has 0 saturated carbocycles. The van der Waals surface area contributed by atoms with Crippen molar-refractivity contribution in [2.24, 2.45) is 0 Å². The summed E-state index contributed by atoms with van der Waals surface area (Å²) in [7, 11) is 1.64. The second-order valence-electron chi connectivity index (χ2n) is 4.24. The largest absolute Gasteiger partial charge is 0.496 e. The smallest absolute Gasteiger partial charge is 0.171 e. The van der Waals surface area contributed by atoms with Gasteiger partial charge in [0.05, 0.1) is 17.8 Å². The van der Waals surface area contributed by atoms with Crippen LogP contribution in [0.1, 0.15) is 5.56 Å². The van der Waals surface area contributed by atoms with Gasteiger partial charge in [0.1, 0.15) is 5.75 Å². The SMILES string of the molecule is COc1ccccc1CNC(=S)Nc1ccc(Cl)cc1Cl. The summed E-state index contributed by atoms with van der Waals surface area (Å²) >= 11 is 17.2. The minimum Gasteiger partial charge on any atom is -0.496 e. The van der Waals surface area contributed by atoms with Crippen LogP contribution in [-0.4, -0.2) is 12.2 Å². The predicted octanol–water partition coefficient (Wildman–Crippen LogP) is 4.49. The van der Waals surface area contributed by atoms with E-state index in [1.54, 1.807) is 25.3 Å². The lowest BCUT2D eigenvalue weighted by Gasteiger charge is -2.13. The van der Waals surface area contributed by atoms with E-state index in [9.17, 15) is 0 Å². The summed E-state index contributed by atoms with van der Waals surface area (Å²) in [5.74, 6) is 0.817. The van der Waals surface area contributed by atoms with Crippen molar-refractivity contribution in [3.63, 3.8) is 0 Å². The quantitative estimate of drug-likeness (QED) is 0.803. The number of ether oxygens (including phenoxy) is 1. The molecule has 0 aliphatic rings. The van der Waals surface area contributed by atoms with Gasteiger partial charge in [0.15, 0.2) is 5.11 Å². The highest BCUT2D eigenvalue weighted by atomic mass is 35.5. The van der Waals surface area contributed by atoms with Crippen LogP contribution in [0.4, 0.5) is 5.69 Å². The summed E-state index contributed by atoms with van der Waals surface area (Å²) < 4.78 is 5.29. The van der Waals surface area contributed by atoms with Gasteiger partial charge in [-0.2, -0.15) is 0 Å². The summed E-state index contributed by atoms with van der Waals surface area (Å²) in [5, 5.41) is 7.72. The molecule has 110 valence electrons. The zero-order valence-corrected chi connectivity index (χ0v) is 13.6. The van der Waals surface area contributed by atoms with Gasteiger partial charge in [0.2, 0.25) is 0 Å². The minimum atomic E-state index is 0.477. The first-order chi connectivity index (χ1) is 10.1. The highest BCUT2D eigenvalue weighted by Gasteiger charge is 2.05. The normalized spacial score (nSPS) is 10.0. The third-order valence-corrected chi connectivity index (χ3v) is 3.61. The first-order valence-corrected chi connectivity index (χ1v) is 7.38. The summed E-state index contributed by atoms with van der Waals surface area (Å²) in [4.78, 5) is 0. The molecule has 0 heterocycles. The van der Waals surface area contributed by atoms with Crippen LogP contribution in [0.25, 0.3) is 0 Å². The first-order valence-electron chi connectivity index (χ1n) is 6.22. The predicted molar refractivity (Wildman–Crippen MR) is 92.5 cm³/mol. The Labute approximate surface area is 139 Å². The summed E-state index contributed by atoms with van der Waals surface area (Å²) in [6.45, 7) is 0.557. The lowest BCUT2D eigenvalue weighted by atomic mass is 10.2. The maximum Gasteiger partial charge on any atom is 0.171 e. The second kappa shape index (κ2) is 7.50. The van der Waals surface area contributed by atoms with E-state index in [2.05, 4.69) is 10.6 Å². The average Bonchev–Trinajstić information content (AvgIpc) is 2.48. The number of methoxy groups -OCH3 is 1. The van der Waals surface area contributed by atoms with Crippen molar-refractivity contribution in [2.75, 3.05) is 12.4 Å². The second-order valence-corrected chi connectivity index (χ2v) is 5.50. The van der Waals surface area contributed by atoms with Gasteiger partial charge in [-0.15, -0.1) is 0 Å². The van der Waals surface area contributed by atoms with Crippen LogP contribution in [0.3, 0.4) is 0 Å². The fraction of sp³-hybridized carbons (Fsp3) is 0.133. The Bertz CT molecular complexity index is 649. The Hall–Kier alpha value is -1.49. The standard InChI is InChI=1S/C15H14Cl2N2OS/c1-20-14-5-3-2-4-10(14)9-18-15(21)19-13-7-6-11(16)8-12(13)17/h2-8H,9H2,1H3,(H2,18,19,21). The van der Waals surface area contributed by atoms with Gasteiger partial charge in [0.25, 0.3) is 0 Å². The first kappa shape index (κ1) is 15.9. The lowest BCUT2D eigenvalue weighted by Crippen LogP contribution is -2.28. The van der Waals surface area contributed by atoms with Crippen LogP contribution in [0, 0.1) is 0 Å². The highest BCUT2D eigenvalue weighted by molar-refractivity contribution is 7.80. The van der Waals surface area contributed by atoms with E-state index in [1.807, 2.05) is 24.3 Å². The molecule has 2 aromatic carbocycles. The number of nitrogens with one attached hydrogen (secondary N) is 2. The number of para-hydroxylation sites is 1. The molecule has 0 atom stereocenters. The van der Waals surface area contributed by atoms with Gasteiger partial charge in [-0.3, -0.25) is 0 Å². The molecule has 0 spiro atoms. The Kier molecular flexibility index (Phi) is 5.67. The fourth-order valence-corrected chi connectivity index (χ4v) is 2.42. The Morgan fingerprint density at radius 2 is 1.95 bits per heavy atom.